The number of urea groups is 1. The molecule has 3 aromatic carbocycles. The minimum Gasteiger partial charge on any atom is -0.481 e. The number of carbonyl (C=O) groups excluding carboxylic acids is 3. The summed E-state index contributed by atoms with van der Waals surface area (Å²) in [6.45, 7) is 14.4. The standard InChI is InChI=1S/C65H86N6O12/c1-6-7-19-40-70-53-29-15-13-26-49(53)64(2,3)55(70)35-32-46-22-21-23-47(60(46)83-48-24-10-8-11-25-48)33-36-56-65(4,5)50-27-14-16-30-54(50)71(56)41-20-9-12-31-57(72)67-39-42-81-43-44-82-45-58(73)66-38-18-17-28-51(61(76)77)68-63(80)69-52(62(78)79)34-37-59(74)75/h8,10-11,13-16,24-27,29-30,32-33,35-36,51-52H,6-7,9,12,17-23,28,31,34,37-45H2,1-5H3,(H6-,66,67,68,69,72,73,74,75,76,77,78,79,80)/p+1/t51-,52-/m0/s1. The van der Waals surface area contributed by atoms with Crippen LogP contribution in [0.1, 0.15) is 142 Å². The number of nitrogens with zero attached hydrogens (tertiary/aromatic N) is 2. The molecule has 0 fully saturated rings. The molecule has 18 heteroatoms. The van der Waals surface area contributed by atoms with Crippen LogP contribution in [-0.2, 0) is 44.3 Å². The van der Waals surface area contributed by atoms with Gasteiger partial charge in [-0.3, -0.25) is 14.4 Å². The summed E-state index contributed by atoms with van der Waals surface area (Å²) in [7, 11) is 0. The molecule has 6 rings (SSSR count). The van der Waals surface area contributed by atoms with Crippen molar-refractivity contribution in [2.24, 2.45) is 0 Å². The number of carboxylic acids is 3. The molecule has 0 radical (unpaired) electrons. The van der Waals surface area contributed by atoms with E-state index in [0.29, 0.717) is 25.8 Å². The van der Waals surface area contributed by atoms with Crippen LogP contribution in [0.5, 0.6) is 5.75 Å². The number of benzene rings is 3. The van der Waals surface area contributed by atoms with Gasteiger partial charge < -0.3 is 55.7 Å². The summed E-state index contributed by atoms with van der Waals surface area (Å²) >= 11 is 0. The van der Waals surface area contributed by atoms with E-state index >= 15 is 0 Å². The monoisotopic (exact) mass is 1140 g/mol. The van der Waals surface area contributed by atoms with E-state index in [-0.39, 0.29) is 68.5 Å². The summed E-state index contributed by atoms with van der Waals surface area (Å²) in [6, 6.07) is 23.8. The number of aliphatic carboxylic acids is 3. The quantitative estimate of drug-likeness (QED) is 0.0214. The van der Waals surface area contributed by atoms with Crippen molar-refractivity contribution in [1.29, 1.82) is 0 Å². The number of fused-ring (bicyclic) bond motifs is 2. The highest BCUT2D eigenvalue weighted by Gasteiger charge is 2.44. The Bertz CT molecular complexity index is 2870. The number of amides is 4. The van der Waals surface area contributed by atoms with Crippen molar-refractivity contribution in [2.75, 3.05) is 57.5 Å². The molecule has 2 atom stereocenters. The maximum atomic E-state index is 12.8. The zero-order valence-corrected chi connectivity index (χ0v) is 49.1. The summed E-state index contributed by atoms with van der Waals surface area (Å²) in [4.78, 5) is 73.4. The Hall–Kier alpha value is -7.57. The van der Waals surface area contributed by atoms with Crippen molar-refractivity contribution >= 4 is 52.8 Å². The Morgan fingerprint density at radius 1 is 0.663 bits per heavy atom. The number of anilines is 1. The normalized spacial score (nSPS) is 16.9. The Kier molecular flexibility index (Phi) is 25.2. The van der Waals surface area contributed by atoms with E-state index in [1.165, 1.54) is 57.9 Å². The molecule has 18 nitrogen and oxygen atoms in total. The number of ether oxygens (including phenoxy) is 3. The van der Waals surface area contributed by atoms with Crippen LogP contribution in [0.25, 0.3) is 0 Å². The SMILES string of the molecule is CCCCC[N+]1=C(C=CC2=C(Oc3ccccc3)C(=CC=C3N(CCCCCC(=O)NCCOCCOCC(=O)NCCCC[C@H](NC(=O)N[C@@H](CCC(=O)O)C(=O)O)C(=O)O)c4ccccc4C3(C)C)CCC2)C(C)(C)c2ccccc21. The molecule has 0 saturated heterocycles. The maximum Gasteiger partial charge on any atom is 0.326 e. The summed E-state index contributed by atoms with van der Waals surface area (Å²) in [5.74, 6) is -2.68. The van der Waals surface area contributed by atoms with E-state index in [2.05, 4.69) is 138 Å². The third-order valence-corrected chi connectivity index (χ3v) is 15.5. The maximum absolute atomic E-state index is 12.8. The van der Waals surface area contributed by atoms with Gasteiger partial charge in [0.15, 0.2) is 5.71 Å². The van der Waals surface area contributed by atoms with Gasteiger partial charge in [-0.05, 0) is 125 Å². The lowest BCUT2D eigenvalue weighted by Gasteiger charge is -2.27. The van der Waals surface area contributed by atoms with Gasteiger partial charge in [-0.15, -0.1) is 0 Å². The lowest BCUT2D eigenvalue weighted by atomic mass is 9.81. The number of hydrogen-bond acceptors (Lipinski definition) is 10. The highest BCUT2D eigenvalue weighted by atomic mass is 16.5. The molecule has 0 aromatic heterocycles. The third kappa shape index (κ3) is 19.0. The first-order chi connectivity index (χ1) is 39.9. The summed E-state index contributed by atoms with van der Waals surface area (Å²) < 4.78 is 20.4. The molecule has 3 aliphatic rings. The second kappa shape index (κ2) is 32.3. The fraction of sp³-hybridized carbons (Fsp3) is 0.492. The second-order valence-electron chi connectivity index (χ2n) is 22.4. The second-order valence-corrected chi connectivity index (χ2v) is 22.4. The molecular weight excluding hydrogens is 1060 g/mol. The van der Waals surface area contributed by atoms with Crippen LogP contribution in [-0.4, -0.2) is 126 Å². The molecular formula is C65H87N6O12+. The van der Waals surface area contributed by atoms with Crippen LogP contribution < -0.4 is 30.9 Å². The number of unbranched alkanes of at least 4 members (excludes halogenated alkanes) is 5. The zero-order valence-electron chi connectivity index (χ0n) is 49.1. The van der Waals surface area contributed by atoms with Crippen molar-refractivity contribution in [1.82, 2.24) is 21.3 Å². The molecule has 0 saturated carbocycles. The van der Waals surface area contributed by atoms with Gasteiger partial charge in [-0.1, -0.05) is 94.3 Å². The molecule has 3 aromatic rings. The number of allylic oxidation sites excluding steroid dienone is 7. The minimum absolute atomic E-state index is 0.00720. The van der Waals surface area contributed by atoms with E-state index in [4.69, 9.17) is 19.3 Å². The number of rotatable bonds is 35. The lowest BCUT2D eigenvalue weighted by Crippen LogP contribution is -2.51. The van der Waals surface area contributed by atoms with Gasteiger partial charge in [-0.25, -0.2) is 14.4 Å². The molecule has 1 aliphatic carbocycles. The van der Waals surface area contributed by atoms with Gasteiger partial charge in [0.2, 0.25) is 17.5 Å². The molecule has 0 spiro atoms. The van der Waals surface area contributed by atoms with E-state index in [0.717, 1.165) is 69.5 Å². The number of nitrogens with one attached hydrogen (secondary N) is 4. The third-order valence-electron chi connectivity index (χ3n) is 15.5. The minimum atomic E-state index is -1.50. The molecule has 2 heterocycles. The molecule has 7 N–H and O–H groups in total. The van der Waals surface area contributed by atoms with Gasteiger partial charge in [0, 0.05) is 73.4 Å². The summed E-state index contributed by atoms with van der Waals surface area (Å²) in [6.07, 6.45) is 18.5. The first-order valence-corrected chi connectivity index (χ1v) is 29.5. The van der Waals surface area contributed by atoms with Gasteiger partial charge >= 0.3 is 23.9 Å². The average Bonchev–Trinajstić information content (AvgIpc) is 2.05. The zero-order chi connectivity index (χ0) is 59.8. The summed E-state index contributed by atoms with van der Waals surface area (Å²) in [5.41, 5.74) is 9.72. The van der Waals surface area contributed by atoms with Gasteiger partial charge in [0.05, 0.1) is 25.2 Å². The van der Waals surface area contributed by atoms with E-state index < -0.39 is 42.4 Å². The van der Waals surface area contributed by atoms with Crippen LogP contribution in [0, 0.1) is 0 Å². The van der Waals surface area contributed by atoms with Gasteiger partial charge in [0.1, 0.15) is 36.7 Å². The summed E-state index contributed by atoms with van der Waals surface area (Å²) in [5, 5.41) is 37.4. The van der Waals surface area contributed by atoms with Crippen LogP contribution >= 0.6 is 0 Å². The Balaban J connectivity index is 0.935. The first-order valence-electron chi connectivity index (χ1n) is 29.5. The molecule has 0 unspecified atom stereocenters. The van der Waals surface area contributed by atoms with Crippen molar-refractivity contribution in [3.63, 3.8) is 0 Å². The highest BCUT2D eigenvalue weighted by molar-refractivity contribution is 6.03. The fourth-order valence-electron chi connectivity index (χ4n) is 11.0. The van der Waals surface area contributed by atoms with E-state index in [1.807, 2.05) is 30.3 Å². The van der Waals surface area contributed by atoms with E-state index in [9.17, 15) is 39.0 Å². The lowest BCUT2D eigenvalue weighted by molar-refractivity contribution is -0.438. The van der Waals surface area contributed by atoms with E-state index in [1.54, 1.807) is 0 Å². The number of para-hydroxylation sites is 3. The van der Waals surface area contributed by atoms with Gasteiger partial charge in [0.25, 0.3) is 0 Å². The number of hydrogen-bond donors (Lipinski definition) is 7. The number of carboxylic acid groups (broad SMARTS) is 3. The molecule has 448 valence electrons. The molecule has 4 amide bonds. The van der Waals surface area contributed by atoms with Crippen molar-refractivity contribution in [2.45, 2.75) is 154 Å². The van der Waals surface area contributed by atoms with Gasteiger partial charge in [-0.2, -0.15) is 4.58 Å². The fourth-order valence-corrected chi connectivity index (χ4v) is 11.0. The first kappa shape index (κ1) is 64.6. The highest BCUT2D eigenvalue weighted by Crippen LogP contribution is 2.48. The smallest absolute Gasteiger partial charge is 0.326 e. The molecule has 2 aliphatic heterocycles. The average molecular weight is 1140 g/mol. The van der Waals surface area contributed by atoms with Crippen LogP contribution in [0.4, 0.5) is 16.2 Å². The molecule has 83 heavy (non-hydrogen) atoms. The Morgan fingerprint density at radius 2 is 1.35 bits per heavy atom. The van der Waals surface area contributed by atoms with Crippen molar-refractivity contribution < 1.29 is 62.9 Å². The van der Waals surface area contributed by atoms with Crippen LogP contribution in [0.2, 0.25) is 0 Å². The van der Waals surface area contributed by atoms with Crippen molar-refractivity contribution in [3.8, 4) is 5.75 Å². The Labute approximate surface area is 489 Å². The molecule has 0 bridgehead atoms. The topological polar surface area (TPSA) is 245 Å². The Morgan fingerprint density at radius 3 is 2.08 bits per heavy atom. The largest absolute Gasteiger partial charge is 0.481 e. The van der Waals surface area contributed by atoms with Crippen LogP contribution in [0.3, 0.4) is 0 Å². The van der Waals surface area contributed by atoms with Crippen molar-refractivity contribution in [3.05, 3.63) is 137 Å². The van der Waals surface area contributed by atoms with Crippen LogP contribution in [0.15, 0.2) is 126 Å². The predicted octanol–water partition coefficient (Wildman–Crippen LogP) is 10.0. The predicted molar refractivity (Wildman–Crippen MR) is 320 cm³/mol. The number of carbonyl (C=O) groups is 6.